The Hall–Kier alpha value is -1.29. The first-order valence-electron chi connectivity index (χ1n) is 8.97. The third-order valence-electron chi connectivity index (χ3n) is 4.10. The minimum absolute atomic E-state index is 0.0516. The summed E-state index contributed by atoms with van der Waals surface area (Å²) in [7, 11) is 0. The van der Waals surface area contributed by atoms with Crippen molar-refractivity contribution in [3.8, 4) is 0 Å². The molecule has 0 aliphatic heterocycles. The minimum atomic E-state index is -0.903. The maximum absolute atomic E-state index is 11.1. The van der Waals surface area contributed by atoms with E-state index in [2.05, 4.69) is 46.8 Å². The number of halogens is 1. The maximum atomic E-state index is 11.1. The van der Waals surface area contributed by atoms with Crippen molar-refractivity contribution in [1.29, 1.82) is 0 Å². The average Bonchev–Trinajstić information content (AvgIpc) is 2.59. The van der Waals surface area contributed by atoms with Gasteiger partial charge in [0.05, 0.1) is 0 Å². The molecule has 1 aromatic carbocycles. The van der Waals surface area contributed by atoms with Gasteiger partial charge in [0.2, 0.25) is 0 Å². The second kappa shape index (κ2) is 11.3. The summed E-state index contributed by atoms with van der Waals surface area (Å²) in [5, 5.41) is 9.12. The van der Waals surface area contributed by atoms with Crippen LogP contribution in [0.2, 0.25) is 0 Å². The number of carbonyl (C=O) groups is 1. The summed E-state index contributed by atoms with van der Waals surface area (Å²) in [5.74, 6) is -0.903. The topological polar surface area (TPSA) is 40.5 Å². The summed E-state index contributed by atoms with van der Waals surface area (Å²) in [4.78, 5) is 13.6. The Kier molecular flexibility index (Phi) is 9.77. The summed E-state index contributed by atoms with van der Waals surface area (Å²) in [6.45, 7) is 8.62. The van der Waals surface area contributed by atoms with E-state index in [-0.39, 0.29) is 4.83 Å². The number of allylic oxidation sites excluding steroid dienone is 1. The van der Waals surface area contributed by atoms with Crippen LogP contribution in [0.25, 0.3) is 5.57 Å². The Morgan fingerprint density at radius 1 is 1.12 bits per heavy atom. The number of aliphatic carboxylic acids is 1. The molecule has 0 saturated carbocycles. The van der Waals surface area contributed by atoms with Crippen LogP contribution in [0, 0.1) is 0 Å². The maximum Gasteiger partial charge on any atom is 0.328 e. The van der Waals surface area contributed by atoms with Gasteiger partial charge in [0.25, 0.3) is 0 Å². The van der Waals surface area contributed by atoms with Gasteiger partial charge in [-0.05, 0) is 42.5 Å². The number of hydrogen-bond acceptors (Lipinski definition) is 2. The molecule has 1 N–H and O–H groups in total. The number of carboxylic acids is 1. The van der Waals surface area contributed by atoms with Crippen LogP contribution in [0.5, 0.6) is 0 Å². The largest absolute Gasteiger partial charge is 0.478 e. The summed E-state index contributed by atoms with van der Waals surface area (Å²) in [6, 6.07) is 8.31. The van der Waals surface area contributed by atoms with Gasteiger partial charge in [-0.2, -0.15) is 0 Å². The van der Waals surface area contributed by atoms with Crippen molar-refractivity contribution >= 4 is 33.2 Å². The fourth-order valence-corrected chi connectivity index (χ4v) is 3.04. The molecular weight excluding hydrogens is 366 g/mol. The number of hydrogen-bond donors (Lipinski definition) is 1. The highest BCUT2D eigenvalue weighted by atomic mass is 79.9. The third kappa shape index (κ3) is 6.68. The molecule has 0 spiro atoms. The molecule has 0 aromatic heterocycles. The van der Waals surface area contributed by atoms with E-state index in [9.17, 15) is 4.79 Å². The van der Waals surface area contributed by atoms with E-state index in [4.69, 9.17) is 5.11 Å². The Labute approximate surface area is 154 Å². The fourth-order valence-electron chi connectivity index (χ4n) is 2.64. The second-order valence-electron chi connectivity index (χ2n) is 6.05. The summed E-state index contributed by atoms with van der Waals surface area (Å²) in [6.07, 6.45) is 6.91. The van der Waals surface area contributed by atoms with Crippen LogP contribution in [0.15, 0.2) is 30.3 Å². The quantitative estimate of drug-likeness (QED) is 0.383. The molecule has 1 aromatic rings. The van der Waals surface area contributed by atoms with Crippen LogP contribution < -0.4 is 4.90 Å². The molecule has 0 saturated heterocycles. The molecule has 24 heavy (non-hydrogen) atoms. The van der Waals surface area contributed by atoms with Gasteiger partial charge < -0.3 is 10.0 Å². The van der Waals surface area contributed by atoms with Crippen molar-refractivity contribution in [1.82, 2.24) is 0 Å². The highest BCUT2D eigenvalue weighted by molar-refractivity contribution is 9.09. The lowest BCUT2D eigenvalue weighted by atomic mass is 10.0. The van der Waals surface area contributed by atoms with Gasteiger partial charge in [0, 0.05) is 29.7 Å². The van der Waals surface area contributed by atoms with Crippen molar-refractivity contribution in [3.63, 3.8) is 0 Å². The molecule has 4 heteroatoms. The van der Waals surface area contributed by atoms with Crippen LogP contribution in [0.3, 0.4) is 0 Å². The second-order valence-corrected chi connectivity index (χ2v) is 7.16. The van der Waals surface area contributed by atoms with E-state index < -0.39 is 5.97 Å². The SMILES string of the molecule is CCCCN(CCCC)c1ccc(/C(=C\C(=O)O)C(Br)CC)cc1. The summed E-state index contributed by atoms with van der Waals surface area (Å²) < 4.78 is 0. The van der Waals surface area contributed by atoms with Crippen LogP contribution in [0.1, 0.15) is 58.4 Å². The zero-order valence-electron chi connectivity index (χ0n) is 15.1. The highest BCUT2D eigenvalue weighted by Crippen LogP contribution is 2.28. The molecule has 3 nitrogen and oxygen atoms in total. The van der Waals surface area contributed by atoms with E-state index >= 15 is 0 Å². The smallest absolute Gasteiger partial charge is 0.328 e. The molecule has 1 rings (SSSR count). The number of alkyl halides is 1. The molecule has 134 valence electrons. The Bertz CT molecular complexity index is 517. The number of benzene rings is 1. The van der Waals surface area contributed by atoms with Crippen molar-refractivity contribution in [3.05, 3.63) is 35.9 Å². The monoisotopic (exact) mass is 395 g/mol. The zero-order valence-corrected chi connectivity index (χ0v) is 16.7. The third-order valence-corrected chi connectivity index (χ3v) is 5.24. The number of unbranched alkanes of at least 4 members (excludes halogenated alkanes) is 2. The van der Waals surface area contributed by atoms with Gasteiger partial charge in [0.1, 0.15) is 0 Å². The minimum Gasteiger partial charge on any atom is -0.478 e. The van der Waals surface area contributed by atoms with Gasteiger partial charge >= 0.3 is 5.97 Å². The number of carboxylic acid groups (broad SMARTS) is 1. The molecule has 0 aliphatic carbocycles. The molecule has 1 atom stereocenters. The van der Waals surface area contributed by atoms with Crippen molar-refractivity contribution in [2.24, 2.45) is 0 Å². The van der Waals surface area contributed by atoms with Crippen LogP contribution in [-0.2, 0) is 4.79 Å². The van der Waals surface area contributed by atoms with E-state index in [1.165, 1.54) is 37.4 Å². The molecule has 0 aliphatic rings. The van der Waals surface area contributed by atoms with Crippen LogP contribution in [0.4, 0.5) is 5.69 Å². The predicted octanol–water partition coefficient (Wildman–Crippen LogP) is 5.73. The Balaban J connectivity index is 3.00. The summed E-state index contributed by atoms with van der Waals surface area (Å²) in [5.41, 5.74) is 3.01. The van der Waals surface area contributed by atoms with Crippen LogP contribution >= 0.6 is 15.9 Å². The molecular formula is C20H30BrNO2. The van der Waals surface area contributed by atoms with Gasteiger partial charge in [-0.3, -0.25) is 0 Å². The van der Waals surface area contributed by atoms with Gasteiger partial charge in [0.15, 0.2) is 0 Å². The predicted molar refractivity (Wildman–Crippen MR) is 107 cm³/mol. The first kappa shape index (κ1) is 20.8. The van der Waals surface area contributed by atoms with Crippen molar-refractivity contribution in [2.75, 3.05) is 18.0 Å². The lowest BCUT2D eigenvalue weighted by molar-refractivity contribution is -0.131. The standard InChI is InChI=1S/C20H30BrNO2/c1-4-7-13-22(14-8-5-2)17-11-9-16(10-12-17)18(15-20(23)24)19(21)6-3/h9-12,15,19H,4-8,13-14H2,1-3H3,(H,23,24)/b18-15+. The zero-order chi connectivity index (χ0) is 17.9. The molecule has 0 bridgehead atoms. The molecule has 0 fully saturated rings. The van der Waals surface area contributed by atoms with Crippen molar-refractivity contribution in [2.45, 2.75) is 57.7 Å². The van der Waals surface area contributed by atoms with E-state index in [1.807, 2.05) is 19.1 Å². The van der Waals surface area contributed by atoms with Crippen LogP contribution in [-0.4, -0.2) is 29.0 Å². The van der Waals surface area contributed by atoms with E-state index in [1.54, 1.807) is 0 Å². The van der Waals surface area contributed by atoms with E-state index in [0.717, 1.165) is 30.6 Å². The lowest BCUT2D eigenvalue weighted by Crippen LogP contribution is -2.25. The molecule has 1 unspecified atom stereocenters. The van der Waals surface area contributed by atoms with Gasteiger partial charge in [-0.25, -0.2) is 4.79 Å². The number of nitrogens with zero attached hydrogens (tertiary/aromatic N) is 1. The number of anilines is 1. The summed E-state index contributed by atoms with van der Waals surface area (Å²) >= 11 is 3.58. The Morgan fingerprint density at radius 2 is 1.67 bits per heavy atom. The van der Waals surface area contributed by atoms with Gasteiger partial charge in [-0.1, -0.05) is 61.7 Å². The average molecular weight is 396 g/mol. The highest BCUT2D eigenvalue weighted by Gasteiger charge is 2.13. The molecule has 0 amide bonds. The molecule has 0 heterocycles. The van der Waals surface area contributed by atoms with E-state index in [0.29, 0.717) is 0 Å². The van der Waals surface area contributed by atoms with Gasteiger partial charge in [-0.15, -0.1) is 0 Å². The number of rotatable bonds is 11. The fraction of sp³-hybridized carbons (Fsp3) is 0.550. The first-order chi connectivity index (χ1) is 11.5. The molecule has 0 radical (unpaired) electrons. The first-order valence-corrected chi connectivity index (χ1v) is 9.88. The Morgan fingerprint density at radius 3 is 2.08 bits per heavy atom. The van der Waals surface area contributed by atoms with Crippen molar-refractivity contribution < 1.29 is 9.90 Å². The normalized spacial score (nSPS) is 12.9. The lowest BCUT2D eigenvalue weighted by Gasteiger charge is -2.25.